The van der Waals surface area contributed by atoms with Gasteiger partial charge in [-0.15, -0.1) is 0 Å². The van der Waals surface area contributed by atoms with Crippen LogP contribution in [0.15, 0.2) is 49.1 Å². The van der Waals surface area contributed by atoms with Crippen molar-refractivity contribution in [2.75, 3.05) is 6.54 Å². The molecule has 0 N–H and O–H groups in total. The summed E-state index contributed by atoms with van der Waals surface area (Å²) in [5.74, 6) is 0. The molecule has 5 nitrogen and oxygen atoms in total. The van der Waals surface area contributed by atoms with Crippen molar-refractivity contribution in [2.24, 2.45) is 7.05 Å². The minimum Gasteiger partial charge on any atom is -0.337 e. The number of aryl methyl sites for hydroxylation is 1. The van der Waals surface area contributed by atoms with Crippen LogP contribution in [0, 0.1) is 0 Å². The molecule has 0 unspecified atom stereocenters. The van der Waals surface area contributed by atoms with Gasteiger partial charge in [-0.05, 0) is 23.8 Å². The summed E-state index contributed by atoms with van der Waals surface area (Å²) >= 11 is 0. The Kier molecular flexibility index (Phi) is 3.27. The predicted octanol–water partition coefficient (Wildman–Crippen LogP) is 2.16. The van der Waals surface area contributed by atoms with Crippen molar-refractivity contribution in [3.05, 3.63) is 66.0 Å². The Bertz CT molecular complexity index is 755. The number of nitrogens with zero attached hydrogens (tertiary/aromatic N) is 5. The Balaban J connectivity index is 1.46. The van der Waals surface area contributed by atoms with Crippen LogP contribution in [0.5, 0.6) is 0 Å². The average molecular weight is 293 g/mol. The van der Waals surface area contributed by atoms with E-state index in [0.717, 1.165) is 31.7 Å². The second kappa shape index (κ2) is 5.42. The van der Waals surface area contributed by atoms with Crippen molar-refractivity contribution in [1.29, 1.82) is 0 Å². The van der Waals surface area contributed by atoms with E-state index in [2.05, 4.69) is 50.9 Å². The van der Waals surface area contributed by atoms with Gasteiger partial charge in [0.2, 0.25) is 0 Å². The molecular formula is C17H19N5. The van der Waals surface area contributed by atoms with Gasteiger partial charge in [0, 0.05) is 51.2 Å². The van der Waals surface area contributed by atoms with Crippen LogP contribution in [-0.2, 0) is 26.6 Å². The quantitative estimate of drug-likeness (QED) is 0.743. The molecule has 22 heavy (non-hydrogen) atoms. The molecule has 0 spiro atoms. The van der Waals surface area contributed by atoms with Crippen molar-refractivity contribution in [3.8, 4) is 5.69 Å². The molecule has 1 aliphatic rings. The minimum absolute atomic E-state index is 0.942. The van der Waals surface area contributed by atoms with E-state index in [1.54, 1.807) is 6.20 Å². The van der Waals surface area contributed by atoms with Gasteiger partial charge in [-0.3, -0.25) is 4.90 Å². The fraction of sp³-hybridized carbons (Fsp3) is 0.294. The first-order chi connectivity index (χ1) is 10.8. The Labute approximate surface area is 129 Å². The van der Waals surface area contributed by atoms with E-state index in [4.69, 9.17) is 0 Å². The highest BCUT2D eigenvalue weighted by Gasteiger charge is 2.19. The van der Waals surface area contributed by atoms with Crippen LogP contribution >= 0.6 is 0 Å². The van der Waals surface area contributed by atoms with Gasteiger partial charge in [-0.1, -0.05) is 12.1 Å². The van der Waals surface area contributed by atoms with E-state index in [0.29, 0.717) is 0 Å². The van der Waals surface area contributed by atoms with Gasteiger partial charge in [-0.2, -0.15) is 5.10 Å². The molecule has 4 rings (SSSR count). The highest BCUT2D eigenvalue weighted by atomic mass is 15.3. The molecule has 1 aliphatic heterocycles. The summed E-state index contributed by atoms with van der Waals surface area (Å²) in [5, 5.41) is 4.25. The number of fused-ring (bicyclic) bond motifs is 1. The zero-order valence-corrected chi connectivity index (χ0v) is 12.7. The fourth-order valence-electron chi connectivity index (χ4n) is 3.08. The lowest BCUT2D eigenvalue weighted by Gasteiger charge is -2.26. The van der Waals surface area contributed by atoms with Crippen LogP contribution in [0.3, 0.4) is 0 Å². The molecule has 0 radical (unpaired) electrons. The normalized spacial score (nSPS) is 15.0. The molecule has 3 heterocycles. The second-order valence-corrected chi connectivity index (χ2v) is 5.83. The lowest BCUT2D eigenvalue weighted by molar-refractivity contribution is 0.240. The van der Waals surface area contributed by atoms with Gasteiger partial charge in [-0.25, -0.2) is 9.67 Å². The topological polar surface area (TPSA) is 38.9 Å². The summed E-state index contributed by atoms with van der Waals surface area (Å²) < 4.78 is 4.02. The summed E-state index contributed by atoms with van der Waals surface area (Å²) in [6, 6.07) is 10.6. The first-order valence-corrected chi connectivity index (χ1v) is 7.60. The number of hydrogen-bond donors (Lipinski definition) is 0. The molecule has 5 heteroatoms. The first kappa shape index (κ1) is 13.3. The fourth-order valence-corrected chi connectivity index (χ4v) is 3.08. The third-order valence-corrected chi connectivity index (χ3v) is 4.30. The number of rotatable bonds is 3. The predicted molar refractivity (Wildman–Crippen MR) is 84.6 cm³/mol. The zero-order chi connectivity index (χ0) is 14.9. The van der Waals surface area contributed by atoms with Crippen LogP contribution in [0.25, 0.3) is 5.69 Å². The van der Waals surface area contributed by atoms with Crippen molar-refractivity contribution < 1.29 is 0 Å². The Hall–Kier alpha value is -2.40. The highest BCUT2D eigenvalue weighted by molar-refractivity contribution is 5.33. The zero-order valence-electron chi connectivity index (χ0n) is 12.7. The van der Waals surface area contributed by atoms with Gasteiger partial charge in [0.15, 0.2) is 0 Å². The van der Waals surface area contributed by atoms with Crippen molar-refractivity contribution in [2.45, 2.75) is 19.5 Å². The van der Waals surface area contributed by atoms with E-state index in [9.17, 15) is 0 Å². The van der Waals surface area contributed by atoms with Gasteiger partial charge in [0.1, 0.15) is 0 Å². The molecule has 0 aliphatic carbocycles. The number of imidazole rings is 1. The van der Waals surface area contributed by atoms with Crippen LogP contribution in [0.2, 0.25) is 0 Å². The molecule has 0 saturated heterocycles. The molecular weight excluding hydrogens is 274 g/mol. The SMILES string of the molecule is Cn1cnc2c1CCN(Cc1ccc(-n3cccn3)cc1)C2. The lowest BCUT2D eigenvalue weighted by atomic mass is 10.1. The second-order valence-electron chi connectivity index (χ2n) is 5.83. The van der Waals surface area contributed by atoms with Crippen molar-refractivity contribution >= 4 is 0 Å². The van der Waals surface area contributed by atoms with Crippen molar-refractivity contribution in [3.63, 3.8) is 0 Å². The maximum absolute atomic E-state index is 4.51. The van der Waals surface area contributed by atoms with Gasteiger partial charge in [0.05, 0.1) is 17.7 Å². The molecule has 2 aromatic heterocycles. The Morgan fingerprint density at radius 3 is 2.82 bits per heavy atom. The number of aromatic nitrogens is 4. The molecule has 0 fully saturated rings. The van der Waals surface area contributed by atoms with Crippen molar-refractivity contribution in [1.82, 2.24) is 24.2 Å². The van der Waals surface area contributed by atoms with E-state index in [1.165, 1.54) is 17.0 Å². The standard InChI is InChI=1S/C17H19N5/c1-20-13-18-16-12-21(10-7-17(16)20)11-14-3-5-15(6-4-14)22-9-2-8-19-22/h2-6,8-9,13H,7,10-12H2,1H3. The molecule has 3 aromatic rings. The molecule has 1 aromatic carbocycles. The maximum Gasteiger partial charge on any atom is 0.0949 e. The molecule has 0 bridgehead atoms. The lowest BCUT2D eigenvalue weighted by Crippen LogP contribution is -2.30. The minimum atomic E-state index is 0.942. The first-order valence-electron chi connectivity index (χ1n) is 7.60. The Morgan fingerprint density at radius 2 is 2.05 bits per heavy atom. The van der Waals surface area contributed by atoms with E-state index in [1.807, 2.05) is 23.3 Å². The van der Waals surface area contributed by atoms with E-state index >= 15 is 0 Å². The molecule has 0 amide bonds. The molecule has 0 saturated carbocycles. The number of hydrogen-bond acceptors (Lipinski definition) is 3. The average Bonchev–Trinajstić information content (AvgIpc) is 3.19. The summed E-state index contributed by atoms with van der Waals surface area (Å²) in [4.78, 5) is 6.96. The third-order valence-electron chi connectivity index (χ3n) is 4.30. The summed E-state index contributed by atoms with van der Waals surface area (Å²) in [6.07, 6.45) is 6.76. The van der Waals surface area contributed by atoms with E-state index in [-0.39, 0.29) is 0 Å². The van der Waals surface area contributed by atoms with Gasteiger partial charge in [0.25, 0.3) is 0 Å². The monoisotopic (exact) mass is 293 g/mol. The Morgan fingerprint density at radius 1 is 1.18 bits per heavy atom. The van der Waals surface area contributed by atoms with Gasteiger partial charge < -0.3 is 4.57 Å². The van der Waals surface area contributed by atoms with Gasteiger partial charge >= 0.3 is 0 Å². The largest absolute Gasteiger partial charge is 0.337 e. The van der Waals surface area contributed by atoms with Crippen LogP contribution in [-0.4, -0.2) is 30.8 Å². The smallest absolute Gasteiger partial charge is 0.0949 e. The molecule has 112 valence electrons. The molecule has 0 atom stereocenters. The summed E-state index contributed by atoms with van der Waals surface area (Å²) in [7, 11) is 2.08. The highest BCUT2D eigenvalue weighted by Crippen LogP contribution is 2.19. The van der Waals surface area contributed by atoms with E-state index < -0.39 is 0 Å². The van der Waals surface area contributed by atoms with Crippen LogP contribution in [0.4, 0.5) is 0 Å². The summed E-state index contributed by atoms with van der Waals surface area (Å²) in [5.41, 5.74) is 5.03. The van der Waals surface area contributed by atoms with Crippen LogP contribution in [0.1, 0.15) is 17.0 Å². The van der Waals surface area contributed by atoms with Crippen LogP contribution < -0.4 is 0 Å². The maximum atomic E-state index is 4.51. The number of benzene rings is 1. The third kappa shape index (κ3) is 2.44. The summed E-state index contributed by atoms with van der Waals surface area (Å²) in [6.45, 7) is 3.00.